The lowest BCUT2D eigenvalue weighted by molar-refractivity contribution is 0.634. The van der Waals surface area contributed by atoms with Crippen molar-refractivity contribution in [2.75, 3.05) is 23.9 Å². The van der Waals surface area contributed by atoms with Crippen LogP contribution in [-0.4, -0.2) is 19.0 Å². The zero-order valence-electron chi connectivity index (χ0n) is 11.2. The van der Waals surface area contributed by atoms with Gasteiger partial charge in [0.05, 0.1) is 0 Å². The second kappa shape index (κ2) is 7.68. The van der Waals surface area contributed by atoms with E-state index in [0.717, 1.165) is 12.3 Å². The lowest BCUT2D eigenvalue weighted by atomic mass is 10.1. The molecule has 1 nitrogen and oxygen atoms in total. The molecule has 0 fully saturated rings. The Morgan fingerprint density at radius 3 is 2.72 bits per heavy atom. The Morgan fingerprint density at radius 1 is 1.00 bits per heavy atom. The van der Waals surface area contributed by atoms with Gasteiger partial charge in [0, 0.05) is 24.7 Å². The van der Waals surface area contributed by atoms with Crippen LogP contribution in [0.3, 0.4) is 0 Å². The van der Waals surface area contributed by atoms with Crippen LogP contribution in [0.15, 0.2) is 24.3 Å². The summed E-state index contributed by atoms with van der Waals surface area (Å²) in [5.74, 6) is 0.812. The van der Waals surface area contributed by atoms with Crippen LogP contribution in [0.4, 0.5) is 5.69 Å². The van der Waals surface area contributed by atoms with Gasteiger partial charge in [-0.15, -0.1) is 11.6 Å². The van der Waals surface area contributed by atoms with Crippen molar-refractivity contribution in [1.82, 2.24) is 0 Å². The van der Waals surface area contributed by atoms with Crippen molar-refractivity contribution in [3.63, 3.8) is 0 Å². The van der Waals surface area contributed by atoms with E-state index in [1.54, 1.807) is 0 Å². The molecule has 1 aliphatic heterocycles. The van der Waals surface area contributed by atoms with E-state index in [1.165, 1.54) is 62.9 Å². The van der Waals surface area contributed by atoms with Gasteiger partial charge < -0.3 is 4.90 Å². The Balaban J connectivity index is 1.88. The van der Waals surface area contributed by atoms with Crippen LogP contribution in [0.2, 0.25) is 0 Å². The minimum absolute atomic E-state index is 0.812. The maximum atomic E-state index is 5.71. The van der Waals surface area contributed by atoms with Crippen molar-refractivity contribution in [1.29, 1.82) is 0 Å². The van der Waals surface area contributed by atoms with Crippen molar-refractivity contribution in [3.8, 4) is 0 Å². The minimum Gasteiger partial charge on any atom is -0.371 e. The molecule has 2 rings (SSSR count). The summed E-state index contributed by atoms with van der Waals surface area (Å²) in [4.78, 5) is 2.59. The third-order valence-corrected chi connectivity index (χ3v) is 4.04. The first-order valence-electron chi connectivity index (χ1n) is 7.30. The third kappa shape index (κ3) is 3.91. The number of rotatable bonds is 6. The molecule has 0 amide bonds. The van der Waals surface area contributed by atoms with Gasteiger partial charge in [0.2, 0.25) is 0 Å². The van der Waals surface area contributed by atoms with E-state index in [1.807, 2.05) is 0 Å². The first kappa shape index (κ1) is 13.7. The maximum Gasteiger partial charge on any atom is 0.0398 e. The van der Waals surface area contributed by atoms with Crippen molar-refractivity contribution in [3.05, 3.63) is 29.8 Å². The first-order chi connectivity index (χ1) is 8.92. The molecule has 0 radical (unpaired) electrons. The zero-order chi connectivity index (χ0) is 12.6. The average molecular weight is 266 g/mol. The number of para-hydroxylation sites is 1. The molecule has 1 heterocycles. The molecular formula is C16H24ClN. The highest BCUT2D eigenvalue weighted by atomic mass is 35.5. The fourth-order valence-corrected chi connectivity index (χ4v) is 2.94. The van der Waals surface area contributed by atoms with E-state index < -0.39 is 0 Å². The van der Waals surface area contributed by atoms with Gasteiger partial charge in [0.1, 0.15) is 0 Å². The molecule has 1 aromatic rings. The van der Waals surface area contributed by atoms with E-state index in [2.05, 4.69) is 29.2 Å². The summed E-state index contributed by atoms with van der Waals surface area (Å²) in [5.41, 5.74) is 3.02. The van der Waals surface area contributed by atoms with E-state index in [-0.39, 0.29) is 0 Å². The Bertz CT molecular complexity index is 351. The molecular weight excluding hydrogens is 242 g/mol. The molecule has 100 valence electrons. The standard InChI is InChI=1S/C16H24ClN/c17-12-6-1-2-7-13-18-14-8-5-10-15-9-3-4-11-16(15)18/h3-4,9,11H,1-2,5-8,10,12-14H2. The minimum atomic E-state index is 0.812. The number of nitrogens with zero attached hydrogens (tertiary/aromatic N) is 1. The number of hydrogen-bond acceptors (Lipinski definition) is 1. The third-order valence-electron chi connectivity index (χ3n) is 3.77. The summed E-state index contributed by atoms with van der Waals surface area (Å²) in [6, 6.07) is 8.92. The van der Waals surface area contributed by atoms with Gasteiger partial charge in [-0.3, -0.25) is 0 Å². The summed E-state index contributed by atoms with van der Waals surface area (Å²) >= 11 is 5.71. The highest BCUT2D eigenvalue weighted by molar-refractivity contribution is 6.17. The van der Waals surface area contributed by atoms with Gasteiger partial charge in [0.25, 0.3) is 0 Å². The second-order valence-corrected chi connectivity index (χ2v) is 5.55. The summed E-state index contributed by atoms with van der Waals surface area (Å²) in [6.07, 6.45) is 8.96. The molecule has 1 aliphatic rings. The van der Waals surface area contributed by atoms with Gasteiger partial charge in [0.15, 0.2) is 0 Å². The molecule has 0 unspecified atom stereocenters. The fraction of sp³-hybridized carbons (Fsp3) is 0.625. The summed E-state index contributed by atoms with van der Waals surface area (Å²) in [6.45, 7) is 2.44. The van der Waals surface area contributed by atoms with Crippen LogP contribution < -0.4 is 4.90 Å². The van der Waals surface area contributed by atoms with Gasteiger partial charge in [-0.25, -0.2) is 0 Å². The number of aryl methyl sites for hydroxylation is 1. The van der Waals surface area contributed by atoms with Gasteiger partial charge >= 0.3 is 0 Å². The maximum absolute atomic E-state index is 5.71. The van der Waals surface area contributed by atoms with Gasteiger partial charge in [-0.2, -0.15) is 0 Å². The van der Waals surface area contributed by atoms with Crippen molar-refractivity contribution < 1.29 is 0 Å². The molecule has 0 bridgehead atoms. The quantitative estimate of drug-likeness (QED) is 0.536. The number of benzene rings is 1. The Labute approximate surface area is 116 Å². The van der Waals surface area contributed by atoms with Crippen LogP contribution in [-0.2, 0) is 6.42 Å². The van der Waals surface area contributed by atoms with Crippen LogP contribution >= 0.6 is 11.6 Å². The smallest absolute Gasteiger partial charge is 0.0398 e. The Morgan fingerprint density at radius 2 is 1.83 bits per heavy atom. The second-order valence-electron chi connectivity index (χ2n) is 5.18. The largest absolute Gasteiger partial charge is 0.371 e. The Hall–Kier alpha value is -0.690. The molecule has 0 aromatic heterocycles. The lowest BCUT2D eigenvalue weighted by Gasteiger charge is -2.24. The van der Waals surface area contributed by atoms with E-state index in [4.69, 9.17) is 11.6 Å². The molecule has 1 aromatic carbocycles. The monoisotopic (exact) mass is 265 g/mol. The van der Waals surface area contributed by atoms with E-state index in [9.17, 15) is 0 Å². The Kier molecular flexibility index (Phi) is 5.86. The number of anilines is 1. The van der Waals surface area contributed by atoms with Crippen molar-refractivity contribution in [2.24, 2.45) is 0 Å². The molecule has 0 atom stereocenters. The number of alkyl halides is 1. The van der Waals surface area contributed by atoms with E-state index >= 15 is 0 Å². The van der Waals surface area contributed by atoms with Crippen molar-refractivity contribution in [2.45, 2.75) is 44.9 Å². The predicted molar refractivity (Wildman–Crippen MR) is 80.8 cm³/mol. The highest BCUT2D eigenvalue weighted by Crippen LogP contribution is 2.26. The normalized spacial score (nSPS) is 15.3. The molecule has 0 aliphatic carbocycles. The van der Waals surface area contributed by atoms with Gasteiger partial charge in [-0.1, -0.05) is 31.0 Å². The summed E-state index contributed by atoms with van der Waals surface area (Å²) < 4.78 is 0. The molecule has 0 saturated carbocycles. The molecule has 0 spiro atoms. The molecule has 18 heavy (non-hydrogen) atoms. The van der Waals surface area contributed by atoms with Crippen LogP contribution in [0, 0.1) is 0 Å². The number of unbranched alkanes of at least 4 members (excludes halogenated alkanes) is 3. The number of halogens is 1. The number of hydrogen-bond donors (Lipinski definition) is 0. The predicted octanol–water partition coefficient (Wildman–Crippen LogP) is 4.63. The van der Waals surface area contributed by atoms with Crippen molar-refractivity contribution >= 4 is 17.3 Å². The van der Waals surface area contributed by atoms with Crippen LogP contribution in [0.5, 0.6) is 0 Å². The molecule has 0 saturated heterocycles. The first-order valence-corrected chi connectivity index (χ1v) is 7.84. The lowest BCUT2D eigenvalue weighted by Crippen LogP contribution is -2.25. The van der Waals surface area contributed by atoms with Gasteiger partial charge in [-0.05, 0) is 43.7 Å². The fourth-order valence-electron chi connectivity index (χ4n) is 2.75. The molecule has 0 N–H and O–H groups in total. The number of fused-ring (bicyclic) bond motifs is 1. The SMILES string of the molecule is ClCCCCCCN1CCCCc2ccccc21. The summed E-state index contributed by atoms with van der Waals surface area (Å²) in [5, 5.41) is 0. The average Bonchev–Trinajstić information content (AvgIpc) is 2.61. The molecule has 2 heteroatoms. The van der Waals surface area contributed by atoms with E-state index in [0.29, 0.717) is 0 Å². The highest BCUT2D eigenvalue weighted by Gasteiger charge is 2.13. The zero-order valence-corrected chi connectivity index (χ0v) is 12.0. The van der Waals surface area contributed by atoms with Crippen LogP contribution in [0.1, 0.15) is 44.1 Å². The van der Waals surface area contributed by atoms with Crippen LogP contribution in [0.25, 0.3) is 0 Å². The summed E-state index contributed by atoms with van der Waals surface area (Å²) in [7, 11) is 0. The topological polar surface area (TPSA) is 3.24 Å².